The molecular formula is C55H73N2O7P. The van der Waals surface area contributed by atoms with E-state index >= 15 is 0 Å². The number of nitrogens with one attached hydrogen (secondary N) is 1. The maximum absolute atomic E-state index is 14.3. The van der Waals surface area contributed by atoms with E-state index in [2.05, 4.69) is 85.9 Å². The molecule has 0 radical (unpaired) electrons. The molecule has 350 valence electrons. The van der Waals surface area contributed by atoms with E-state index in [9.17, 15) is 19.5 Å². The third-order valence-corrected chi connectivity index (χ3v) is 14.7. The van der Waals surface area contributed by atoms with Crippen molar-refractivity contribution in [2.75, 3.05) is 26.0 Å². The van der Waals surface area contributed by atoms with Crippen LogP contribution >= 0.6 is 7.60 Å². The lowest BCUT2D eigenvalue weighted by Crippen LogP contribution is -2.41. The Labute approximate surface area is 387 Å². The molecule has 6 aromatic carbocycles. The van der Waals surface area contributed by atoms with E-state index in [1.165, 1.54) is 150 Å². The number of nitro benzene ring substituents is 1. The van der Waals surface area contributed by atoms with Crippen molar-refractivity contribution in [3.8, 4) is 5.75 Å². The second-order valence-corrected chi connectivity index (χ2v) is 20.1. The Hall–Kier alpha value is -4.56. The summed E-state index contributed by atoms with van der Waals surface area (Å²) in [5.41, 5.74) is 1.14. The smallest absolute Gasteiger partial charge is 0.379 e. The van der Waals surface area contributed by atoms with Gasteiger partial charge in [0, 0.05) is 25.2 Å². The lowest BCUT2D eigenvalue weighted by molar-refractivity contribution is -0.384. The zero-order chi connectivity index (χ0) is 45.7. The molecule has 0 saturated heterocycles. The molecule has 0 aromatic heterocycles. The Bertz CT molecular complexity index is 2370. The van der Waals surface area contributed by atoms with Crippen molar-refractivity contribution in [3.63, 3.8) is 0 Å². The summed E-state index contributed by atoms with van der Waals surface area (Å²) in [5, 5.41) is 24.4. The first kappa shape index (κ1) is 49.9. The van der Waals surface area contributed by atoms with Crippen LogP contribution in [0.5, 0.6) is 5.75 Å². The van der Waals surface area contributed by atoms with Gasteiger partial charge >= 0.3 is 7.60 Å². The van der Waals surface area contributed by atoms with Gasteiger partial charge in [-0.1, -0.05) is 183 Å². The number of amides is 1. The average molecular weight is 905 g/mol. The maximum atomic E-state index is 14.3. The minimum Gasteiger partial charge on any atom is -0.424 e. The summed E-state index contributed by atoms with van der Waals surface area (Å²) in [7, 11) is -3.70. The highest BCUT2D eigenvalue weighted by molar-refractivity contribution is 7.54. The van der Waals surface area contributed by atoms with Crippen molar-refractivity contribution in [2.24, 2.45) is 0 Å². The van der Waals surface area contributed by atoms with Crippen LogP contribution in [0.1, 0.15) is 148 Å². The number of fused-ring (bicyclic) bond motifs is 2. The van der Waals surface area contributed by atoms with Crippen molar-refractivity contribution in [1.82, 2.24) is 5.32 Å². The van der Waals surface area contributed by atoms with Crippen LogP contribution in [0.2, 0.25) is 0 Å². The number of nitrogens with zero attached hydrogens (tertiary/aromatic N) is 1. The van der Waals surface area contributed by atoms with Crippen LogP contribution in [0.25, 0.3) is 43.1 Å². The molecule has 0 aliphatic rings. The lowest BCUT2D eigenvalue weighted by atomic mass is 9.87. The molecular weight excluding hydrogens is 832 g/mol. The maximum Gasteiger partial charge on any atom is 0.379 e. The lowest BCUT2D eigenvalue weighted by Gasteiger charge is -2.24. The van der Waals surface area contributed by atoms with E-state index in [1.54, 1.807) is 0 Å². The van der Waals surface area contributed by atoms with E-state index in [1.807, 2.05) is 0 Å². The number of aryl methyl sites for hydroxylation is 1. The highest BCUT2D eigenvalue weighted by Gasteiger charge is 2.29. The number of hydrogen-bond acceptors (Lipinski definition) is 7. The summed E-state index contributed by atoms with van der Waals surface area (Å²) in [6.45, 7) is 5.13. The van der Waals surface area contributed by atoms with Crippen molar-refractivity contribution in [1.29, 1.82) is 0 Å². The molecule has 0 saturated carbocycles. The fourth-order valence-corrected chi connectivity index (χ4v) is 11.0. The molecule has 9 nitrogen and oxygen atoms in total. The number of carbonyl (C=O) groups excluding carboxylic acids is 1. The van der Waals surface area contributed by atoms with E-state index < -0.39 is 18.6 Å². The van der Waals surface area contributed by atoms with Crippen molar-refractivity contribution < 1.29 is 28.1 Å². The standard InChI is InChI=1S/C55H73N2O7P/c1-3-5-7-9-10-11-12-13-14-15-16-17-18-19-39-62-41-45(42-63-65(61,40-20-8-6-4-2)64-47-36-34-46(35-37-47)57(59)60)56-53(58)32-23-25-43-33-38-52-50-30-22-27-44-26-21-29-49(54(44)50)51-31-24-28-48(43)55(51)52/h21-22,24,26-31,33-38,45H,3-20,23,25,32,39-42H2,1-2H3,(H,56,58). The van der Waals surface area contributed by atoms with Gasteiger partial charge in [0.2, 0.25) is 5.91 Å². The van der Waals surface area contributed by atoms with Gasteiger partial charge in [-0.05, 0) is 86.5 Å². The summed E-state index contributed by atoms with van der Waals surface area (Å²) in [4.78, 5) is 24.4. The number of carbonyl (C=O) groups is 1. The summed E-state index contributed by atoms with van der Waals surface area (Å²) >= 11 is 0. The van der Waals surface area contributed by atoms with E-state index in [0.29, 0.717) is 25.9 Å². The van der Waals surface area contributed by atoms with Gasteiger partial charge in [-0.15, -0.1) is 0 Å². The molecule has 2 atom stereocenters. The molecule has 6 aromatic rings. The number of ether oxygens (including phenoxy) is 1. The van der Waals surface area contributed by atoms with Gasteiger partial charge in [-0.25, -0.2) is 4.57 Å². The molecule has 0 heterocycles. The van der Waals surface area contributed by atoms with Crippen molar-refractivity contribution in [3.05, 3.63) is 107 Å². The van der Waals surface area contributed by atoms with Gasteiger partial charge in [0.05, 0.1) is 30.3 Å². The quantitative estimate of drug-likeness (QED) is 0.0109. The van der Waals surface area contributed by atoms with Crippen LogP contribution in [0.3, 0.4) is 0 Å². The number of benzene rings is 6. The van der Waals surface area contributed by atoms with Gasteiger partial charge in [0.15, 0.2) is 0 Å². The predicted octanol–water partition coefficient (Wildman–Crippen LogP) is 15.8. The largest absolute Gasteiger partial charge is 0.424 e. The first-order valence-corrected chi connectivity index (χ1v) is 26.6. The Morgan fingerprint density at radius 2 is 1.15 bits per heavy atom. The molecule has 1 N–H and O–H groups in total. The third-order valence-electron chi connectivity index (χ3n) is 12.8. The molecule has 65 heavy (non-hydrogen) atoms. The predicted molar refractivity (Wildman–Crippen MR) is 270 cm³/mol. The molecule has 2 unspecified atom stereocenters. The molecule has 1 amide bonds. The van der Waals surface area contributed by atoms with Crippen LogP contribution in [-0.2, 0) is 25.0 Å². The van der Waals surface area contributed by atoms with Crippen LogP contribution < -0.4 is 9.84 Å². The minimum absolute atomic E-state index is 0.0500. The summed E-state index contributed by atoms with van der Waals surface area (Å²) in [6, 6.07) is 29.1. The number of hydrogen-bond donors (Lipinski definition) is 1. The molecule has 0 fully saturated rings. The van der Waals surface area contributed by atoms with Crippen molar-refractivity contribution >= 4 is 62.3 Å². The fourth-order valence-electron chi connectivity index (χ4n) is 9.28. The number of nitro groups is 1. The van der Waals surface area contributed by atoms with Crippen LogP contribution in [-0.4, -0.2) is 42.9 Å². The zero-order valence-corrected chi connectivity index (χ0v) is 40.1. The average Bonchev–Trinajstić information content (AvgIpc) is 3.31. The fraction of sp³-hybridized carbons (Fsp3) is 0.509. The highest BCUT2D eigenvalue weighted by atomic mass is 31.2. The topological polar surface area (TPSA) is 117 Å². The van der Waals surface area contributed by atoms with Crippen LogP contribution in [0.4, 0.5) is 5.69 Å². The first-order chi connectivity index (χ1) is 31.8. The summed E-state index contributed by atoms with van der Waals surface area (Å²) in [5.74, 6) is 0.125. The molecule has 6 rings (SSSR count). The molecule has 0 aliphatic heterocycles. The van der Waals surface area contributed by atoms with E-state index in [-0.39, 0.29) is 36.7 Å². The second-order valence-electron chi connectivity index (χ2n) is 18.0. The Balaban J connectivity index is 1.04. The normalized spacial score (nSPS) is 13.2. The van der Waals surface area contributed by atoms with E-state index in [4.69, 9.17) is 13.8 Å². The monoisotopic (exact) mass is 905 g/mol. The van der Waals surface area contributed by atoms with Crippen LogP contribution in [0.15, 0.2) is 91.0 Å². The SMILES string of the molecule is CCCCCCCCCCCCCCCCOCC(COP(=O)(CCCCCC)Oc1ccc([N+](=O)[O-])cc1)NC(=O)CCCc1ccc2c3cccc4cccc(c5cccc1c52)c43. The summed E-state index contributed by atoms with van der Waals surface area (Å²) in [6.07, 6.45) is 23.4. The highest BCUT2D eigenvalue weighted by Crippen LogP contribution is 2.49. The molecule has 0 spiro atoms. The zero-order valence-electron chi connectivity index (χ0n) is 39.2. The Morgan fingerprint density at radius 1 is 0.615 bits per heavy atom. The Kier molecular flexibility index (Phi) is 20.4. The van der Waals surface area contributed by atoms with Gasteiger partial charge in [-0.2, -0.15) is 0 Å². The number of unbranched alkanes of at least 4 members (excludes halogenated alkanes) is 16. The van der Waals surface area contributed by atoms with Gasteiger partial charge in [-0.3, -0.25) is 19.4 Å². The molecule has 0 bridgehead atoms. The number of rotatable bonds is 33. The van der Waals surface area contributed by atoms with Gasteiger partial charge in [0.25, 0.3) is 5.69 Å². The summed E-state index contributed by atoms with van der Waals surface area (Å²) < 4.78 is 32.6. The first-order valence-electron chi connectivity index (χ1n) is 24.9. The third kappa shape index (κ3) is 15.0. The van der Waals surface area contributed by atoms with Gasteiger partial charge in [0.1, 0.15) is 5.75 Å². The van der Waals surface area contributed by atoms with Gasteiger partial charge < -0.3 is 14.6 Å². The van der Waals surface area contributed by atoms with Crippen molar-refractivity contribution in [2.45, 2.75) is 155 Å². The van der Waals surface area contributed by atoms with E-state index in [0.717, 1.165) is 38.5 Å². The second kappa shape index (κ2) is 26.6. The molecule has 10 heteroatoms. The number of non-ortho nitro benzene ring substituents is 1. The molecule has 0 aliphatic carbocycles. The Morgan fingerprint density at radius 3 is 1.77 bits per heavy atom. The van der Waals surface area contributed by atoms with Crippen LogP contribution in [0, 0.1) is 10.1 Å². The minimum atomic E-state index is -3.70.